The zero-order chi connectivity index (χ0) is 30.7. The highest BCUT2D eigenvalue weighted by Gasteiger charge is 2.71. The van der Waals surface area contributed by atoms with Crippen LogP contribution >= 0.6 is 0 Å². The Balaban J connectivity index is 1.77. The summed E-state index contributed by atoms with van der Waals surface area (Å²) >= 11 is 0. The Hall–Kier alpha value is -2.65. The Morgan fingerprint density at radius 3 is 2.02 bits per heavy atom. The molecule has 4 amide bonds. The lowest BCUT2D eigenvalue weighted by Crippen LogP contribution is -2.71. The summed E-state index contributed by atoms with van der Waals surface area (Å²) in [6.45, 7) is 14.5. The van der Waals surface area contributed by atoms with Gasteiger partial charge in [-0.25, -0.2) is 4.79 Å². The number of carbonyl (C=O) groups is 5. The van der Waals surface area contributed by atoms with Gasteiger partial charge in [0.25, 0.3) is 5.91 Å². The molecule has 4 fully saturated rings. The van der Waals surface area contributed by atoms with Crippen LogP contribution in [0.4, 0.5) is 4.79 Å². The number of carbonyl (C=O) groups excluding carboxylic acids is 4. The first kappa shape index (κ1) is 31.3. The molecule has 4 aliphatic rings. The first-order valence-corrected chi connectivity index (χ1v) is 15.3. The average Bonchev–Trinajstić information content (AvgIpc) is 3.60. The first-order valence-electron chi connectivity index (χ1n) is 15.3. The van der Waals surface area contributed by atoms with E-state index in [9.17, 15) is 29.1 Å². The second kappa shape index (κ2) is 10.6. The molecule has 0 spiro atoms. The van der Waals surface area contributed by atoms with E-state index in [-0.39, 0.29) is 40.4 Å². The third-order valence-corrected chi connectivity index (χ3v) is 11.6. The molecule has 41 heavy (non-hydrogen) atoms. The molecule has 0 aromatic carbocycles. The molecule has 1 aliphatic heterocycles. The summed E-state index contributed by atoms with van der Waals surface area (Å²) in [4.78, 5) is 67.7. The highest BCUT2D eigenvalue weighted by Crippen LogP contribution is 2.68. The van der Waals surface area contributed by atoms with Crippen LogP contribution in [0.1, 0.15) is 99.8 Å². The van der Waals surface area contributed by atoms with E-state index in [4.69, 9.17) is 5.73 Å². The Bertz CT molecular complexity index is 1100. The van der Waals surface area contributed by atoms with Crippen molar-refractivity contribution < 1.29 is 29.1 Å². The van der Waals surface area contributed by atoms with E-state index in [1.807, 2.05) is 20.8 Å². The van der Waals surface area contributed by atoms with E-state index in [2.05, 4.69) is 38.3 Å². The van der Waals surface area contributed by atoms with Crippen molar-refractivity contribution in [2.45, 2.75) is 117 Å². The lowest BCUT2D eigenvalue weighted by molar-refractivity contribution is -0.163. The number of hydrogen-bond donors (Lipinski definition) is 4. The normalized spacial score (nSPS) is 29.3. The molecule has 3 aliphatic carbocycles. The molecule has 0 radical (unpaired) electrons. The SMILES string of the molecule is CC1(C)[C@@H]2[C@@H](C(=O)N[C@@H](CC3CC3)C(=O)C(N)=O)N(C(=O)[C@](NC(=O)O)(C3CCCCC3)C(C)(C)C)C[C@@H]2C1(C)C. The third-order valence-electron chi connectivity index (χ3n) is 11.6. The summed E-state index contributed by atoms with van der Waals surface area (Å²) in [7, 11) is 0. The third kappa shape index (κ3) is 5.13. The molecule has 0 aromatic rings. The van der Waals surface area contributed by atoms with E-state index >= 15 is 0 Å². The van der Waals surface area contributed by atoms with Gasteiger partial charge < -0.3 is 26.4 Å². The van der Waals surface area contributed by atoms with E-state index < -0.39 is 46.7 Å². The summed E-state index contributed by atoms with van der Waals surface area (Å²) in [5, 5.41) is 15.6. The maximum atomic E-state index is 15.0. The molecule has 5 N–H and O–H groups in total. The Morgan fingerprint density at radius 1 is 0.951 bits per heavy atom. The van der Waals surface area contributed by atoms with Crippen LogP contribution in [0.3, 0.4) is 0 Å². The topological polar surface area (TPSA) is 159 Å². The van der Waals surface area contributed by atoms with Crippen LogP contribution in [-0.2, 0) is 19.2 Å². The predicted octanol–water partition coefficient (Wildman–Crippen LogP) is 3.47. The molecule has 3 saturated carbocycles. The monoisotopic (exact) mass is 574 g/mol. The summed E-state index contributed by atoms with van der Waals surface area (Å²) in [5.41, 5.74) is 2.62. The van der Waals surface area contributed by atoms with Crippen molar-refractivity contribution in [1.82, 2.24) is 15.5 Å². The van der Waals surface area contributed by atoms with Crippen LogP contribution in [0, 0.1) is 39.9 Å². The van der Waals surface area contributed by atoms with E-state index in [0.29, 0.717) is 25.8 Å². The largest absolute Gasteiger partial charge is 0.465 e. The fraction of sp³-hybridized carbons (Fsp3) is 0.839. The smallest absolute Gasteiger partial charge is 0.405 e. The summed E-state index contributed by atoms with van der Waals surface area (Å²) in [6.07, 6.45) is 5.21. The van der Waals surface area contributed by atoms with Crippen LogP contribution in [0.2, 0.25) is 0 Å². The van der Waals surface area contributed by atoms with Crippen LogP contribution in [0.25, 0.3) is 0 Å². The number of rotatable bonds is 9. The lowest BCUT2D eigenvalue weighted by atomic mass is 9.40. The van der Waals surface area contributed by atoms with Gasteiger partial charge in [0.2, 0.25) is 17.6 Å². The summed E-state index contributed by atoms with van der Waals surface area (Å²) < 4.78 is 0. The minimum absolute atomic E-state index is 0.0137. The predicted molar refractivity (Wildman–Crippen MR) is 153 cm³/mol. The van der Waals surface area contributed by atoms with Crippen molar-refractivity contribution >= 4 is 29.6 Å². The number of nitrogens with zero attached hydrogens (tertiary/aromatic N) is 1. The van der Waals surface area contributed by atoms with Gasteiger partial charge >= 0.3 is 6.09 Å². The molecule has 4 rings (SSSR count). The molecular formula is C31H50N4O6. The number of Topliss-reactive ketones (excluding diaryl/α,β-unsaturated/α-hetero) is 1. The van der Waals surface area contributed by atoms with Crippen LogP contribution < -0.4 is 16.4 Å². The molecule has 1 saturated heterocycles. The molecule has 1 heterocycles. The van der Waals surface area contributed by atoms with Crippen LogP contribution in [0.15, 0.2) is 0 Å². The molecule has 0 bridgehead atoms. The number of amides is 4. The van der Waals surface area contributed by atoms with Crippen LogP contribution in [-0.4, -0.2) is 63.8 Å². The molecule has 0 unspecified atom stereocenters. The number of likely N-dealkylation sites (tertiary alicyclic amines) is 1. The zero-order valence-electron chi connectivity index (χ0n) is 25.8. The number of hydrogen-bond acceptors (Lipinski definition) is 5. The van der Waals surface area contributed by atoms with Gasteiger partial charge in [-0.2, -0.15) is 0 Å². The second-order valence-electron chi connectivity index (χ2n) is 15.3. The van der Waals surface area contributed by atoms with Gasteiger partial charge in [0, 0.05) is 6.54 Å². The fourth-order valence-electron chi connectivity index (χ4n) is 8.48. The van der Waals surface area contributed by atoms with Crippen molar-refractivity contribution in [3.8, 4) is 0 Å². The van der Waals surface area contributed by atoms with E-state index in [1.165, 1.54) is 0 Å². The number of carboxylic acid groups (broad SMARTS) is 1. The highest BCUT2D eigenvalue weighted by atomic mass is 16.4. The van der Waals surface area contributed by atoms with Crippen molar-refractivity contribution in [3.05, 3.63) is 0 Å². The number of primary amides is 1. The molecule has 230 valence electrons. The van der Waals surface area contributed by atoms with Gasteiger partial charge in [0.05, 0.1) is 6.04 Å². The number of ketones is 1. The van der Waals surface area contributed by atoms with Crippen molar-refractivity contribution in [2.75, 3.05) is 6.54 Å². The van der Waals surface area contributed by atoms with Gasteiger partial charge in [-0.1, -0.05) is 80.6 Å². The minimum Gasteiger partial charge on any atom is -0.465 e. The zero-order valence-corrected chi connectivity index (χ0v) is 25.8. The maximum Gasteiger partial charge on any atom is 0.405 e. The molecule has 5 atom stereocenters. The molecular weight excluding hydrogens is 524 g/mol. The lowest BCUT2D eigenvalue weighted by Gasteiger charge is -2.63. The van der Waals surface area contributed by atoms with Gasteiger partial charge in [0.15, 0.2) is 0 Å². The number of nitrogens with one attached hydrogen (secondary N) is 2. The standard InChI is InChI=1S/C31H50N4O6/c1-28(2,3)31(34-27(40)41,18-11-9-8-10-12-18)26(39)35-16-19-21(30(6,7)29(19,4)5)22(35)25(38)33-20(15-17-13-14-17)23(36)24(32)37/h17-22,34H,8-16H2,1-7H3,(H2,32,37)(H,33,38)(H,40,41)/t19-,20-,21-,22-,31+/m0/s1. The van der Waals surface area contributed by atoms with E-state index in [0.717, 1.165) is 32.1 Å². The highest BCUT2D eigenvalue weighted by molar-refractivity contribution is 6.37. The molecule has 0 aromatic heterocycles. The number of nitrogens with two attached hydrogens (primary N) is 1. The van der Waals surface area contributed by atoms with Gasteiger partial charge in [0.1, 0.15) is 11.6 Å². The molecule has 10 nitrogen and oxygen atoms in total. The summed E-state index contributed by atoms with van der Waals surface area (Å²) in [5.74, 6) is -2.92. The van der Waals surface area contributed by atoms with Gasteiger partial charge in [-0.05, 0) is 59.2 Å². The quantitative estimate of drug-likeness (QED) is 0.309. The Morgan fingerprint density at radius 2 is 1.54 bits per heavy atom. The maximum absolute atomic E-state index is 15.0. The number of fused-ring (bicyclic) bond motifs is 1. The van der Waals surface area contributed by atoms with Crippen molar-refractivity contribution in [2.24, 2.45) is 45.7 Å². The van der Waals surface area contributed by atoms with Crippen molar-refractivity contribution in [1.29, 1.82) is 0 Å². The average molecular weight is 575 g/mol. The van der Waals surface area contributed by atoms with Crippen molar-refractivity contribution in [3.63, 3.8) is 0 Å². The first-order chi connectivity index (χ1) is 18.9. The Kier molecular flexibility index (Phi) is 8.06. The van der Waals surface area contributed by atoms with Crippen LogP contribution in [0.5, 0.6) is 0 Å². The summed E-state index contributed by atoms with van der Waals surface area (Å²) in [6, 6.07) is -1.94. The molecule has 10 heteroatoms. The Labute approximate surface area is 243 Å². The second-order valence-corrected chi connectivity index (χ2v) is 15.3. The van der Waals surface area contributed by atoms with E-state index in [1.54, 1.807) is 4.90 Å². The van der Waals surface area contributed by atoms with Gasteiger partial charge in [-0.15, -0.1) is 0 Å². The fourth-order valence-corrected chi connectivity index (χ4v) is 8.48. The van der Waals surface area contributed by atoms with Gasteiger partial charge in [-0.3, -0.25) is 19.2 Å². The minimum atomic E-state index is -1.44.